The second-order valence-corrected chi connectivity index (χ2v) is 6.65. The number of nitrogens with zero attached hydrogens (tertiary/aromatic N) is 2. The van der Waals surface area contributed by atoms with Gasteiger partial charge in [-0.25, -0.2) is 4.79 Å². The van der Waals surface area contributed by atoms with Gasteiger partial charge in [0.25, 0.3) is 0 Å². The van der Waals surface area contributed by atoms with Crippen LogP contribution in [0, 0.1) is 0 Å². The van der Waals surface area contributed by atoms with Crippen molar-refractivity contribution in [3.8, 4) is 11.5 Å². The molecule has 2 N–H and O–H groups in total. The van der Waals surface area contributed by atoms with E-state index in [0.717, 1.165) is 12.8 Å². The highest BCUT2D eigenvalue weighted by molar-refractivity contribution is 5.74. The van der Waals surface area contributed by atoms with Crippen LogP contribution < -0.4 is 14.8 Å². The Kier molecular flexibility index (Phi) is 7.72. The molecule has 1 aliphatic carbocycles. The number of benzene rings is 1. The van der Waals surface area contributed by atoms with Gasteiger partial charge in [0.2, 0.25) is 0 Å². The number of likely N-dealkylation sites (N-methyl/N-ethyl adjacent to an activating group) is 2. The number of hydrogen-bond donors (Lipinski definition) is 2. The van der Waals surface area contributed by atoms with Crippen LogP contribution in [-0.2, 0) is 4.79 Å². The summed E-state index contributed by atoms with van der Waals surface area (Å²) in [5.74, 6) is 0.486. The number of carbonyl (C=O) groups excluding carboxylic acids is 1. The SMILES string of the molecule is CCN(CC(=O)O)C1CC(NC(=O)N(C)CCOc2ccccc2OC)C1. The first-order valence-corrected chi connectivity index (χ1v) is 9.17. The average Bonchev–Trinajstić information content (AvgIpc) is 2.62. The van der Waals surface area contributed by atoms with Gasteiger partial charge in [0.15, 0.2) is 11.5 Å². The number of carboxylic acid groups (broad SMARTS) is 1. The molecule has 0 radical (unpaired) electrons. The molecular formula is C19H29N3O5. The highest BCUT2D eigenvalue weighted by atomic mass is 16.5. The van der Waals surface area contributed by atoms with Crippen molar-refractivity contribution in [2.75, 3.05) is 40.4 Å². The minimum atomic E-state index is -0.820. The minimum Gasteiger partial charge on any atom is -0.493 e. The topological polar surface area (TPSA) is 91.3 Å². The first-order valence-electron chi connectivity index (χ1n) is 9.17. The van der Waals surface area contributed by atoms with E-state index in [2.05, 4.69) is 5.32 Å². The Morgan fingerprint density at radius 2 is 1.93 bits per heavy atom. The monoisotopic (exact) mass is 379 g/mol. The standard InChI is InChI=1S/C19H29N3O5/c1-4-22(13-18(23)24)15-11-14(12-15)20-19(25)21(2)9-10-27-17-8-6-5-7-16(17)26-3/h5-8,14-15H,4,9-13H2,1-3H3,(H,20,25)(H,23,24). The maximum Gasteiger partial charge on any atom is 0.317 e. The third kappa shape index (κ3) is 6.02. The van der Waals surface area contributed by atoms with Gasteiger partial charge >= 0.3 is 12.0 Å². The van der Waals surface area contributed by atoms with Crippen LogP contribution >= 0.6 is 0 Å². The van der Waals surface area contributed by atoms with E-state index in [0.29, 0.717) is 31.2 Å². The lowest BCUT2D eigenvalue weighted by atomic mass is 9.85. The van der Waals surface area contributed by atoms with E-state index in [-0.39, 0.29) is 24.7 Å². The van der Waals surface area contributed by atoms with Crippen molar-refractivity contribution in [1.82, 2.24) is 15.1 Å². The molecule has 8 heteroatoms. The van der Waals surface area contributed by atoms with Gasteiger partial charge < -0.3 is 24.8 Å². The lowest BCUT2D eigenvalue weighted by Gasteiger charge is -2.42. The summed E-state index contributed by atoms with van der Waals surface area (Å²) in [7, 11) is 3.31. The summed E-state index contributed by atoms with van der Waals surface area (Å²) in [4.78, 5) is 26.6. The number of hydrogen-bond acceptors (Lipinski definition) is 5. The maximum absolute atomic E-state index is 12.3. The highest BCUT2D eigenvalue weighted by Gasteiger charge is 2.35. The predicted molar refractivity (Wildman–Crippen MR) is 101 cm³/mol. The zero-order valence-corrected chi connectivity index (χ0v) is 16.2. The Morgan fingerprint density at radius 1 is 1.26 bits per heavy atom. The fraction of sp³-hybridized carbons (Fsp3) is 0.579. The third-order valence-electron chi connectivity index (χ3n) is 4.80. The van der Waals surface area contributed by atoms with Gasteiger partial charge in [-0.15, -0.1) is 0 Å². The van der Waals surface area contributed by atoms with Crippen molar-refractivity contribution >= 4 is 12.0 Å². The molecule has 2 amide bonds. The molecule has 0 aromatic heterocycles. The van der Waals surface area contributed by atoms with Crippen LogP contribution in [0.2, 0.25) is 0 Å². The van der Waals surface area contributed by atoms with Crippen LogP contribution in [0.3, 0.4) is 0 Å². The predicted octanol–water partition coefficient (Wildman–Crippen LogP) is 1.65. The number of aliphatic carboxylic acids is 1. The van der Waals surface area contributed by atoms with Crippen LogP contribution in [0.15, 0.2) is 24.3 Å². The molecule has 150 valence electrons. The van der Waals surface area contributed by atoms with E-state index in [1.165, 1.54) is 0 Å². The first kappa shape index (κ1) is 20.8. The Bertz CT molecular complexity index is 634. The quantitative estimate of drug-likeness (QED) is 0.642. The number of methoxy groups -OCH3 is 1. The van der Waals surface area contributed by atoms with E-state index in [1.54, 1.807) is 19.1 Å². The summed E-state index contributed by atoms with van der Waals surface area (Å²) in [6.07, 6.45) is 1.55. The molecule has 2 rings (SSSR count). The molecule has 1 saturated carbocycles. The number of rotatable bonds is 10. The van der Waals surface area contributed by atoms with E-state index in [9.17, 15) is 9.59 Å². The maximum atomic E-state index is 12.3. The largest absolute Gasteiger partial charge is 0.493 e. The van der Waals surface area contributed by atoms with Crippen LogP contribution in [0.4, 0.5) is 4.79 Å². The smallest absolute Gasteiger partial charge is 0.317 e. The number of ether oxygens (including phenoxy) is 2. The lowest BCUT2D eigenvalue weighted by molar-refractivity contribution is -0.139. The Hall–Kier alpha value is -2.48. The second-order valence-electron chi connectivity index (χ2n) is 6.65. The molecule has 0 aliphatic heterocycles. The van der Waals surface area contributed by atoms with Crippen molar-refractivity contribution in [1.29, 1.82) is 0 Å². The van der Waals surface area contributed by atoms with Crippen LogP contribution in [0.5, 0.6) is 11.5 Å². The van der Waals surface area contributed by atoms with Gasteiger partial charge in [-0.1, -0.05) is 19.1 Å². The van der Waals surface area contributed by atoms with Gasteiger partial charge in [0.05, 0.1) is 20.2 Å². The van der Waals surface area contributed by atoms with Gasteiger partial charge in [0, 0.05) is 19.1 Å². The van der Waals surface area contributed by atoms with Crippen LogP contribution in [0.25, 0.3) is 0 Å². The second kappa shape index (κ2) is 10.0. The van der Waals surface area contributed by atoms with E-state index >= 15 is 0 Å². The number of nitrogens with one attached hydrogen (secondary N) is 1. The van der Waals surface area contributed by atoms with Crippen molar-refractivity contribution in [3.63, 3.8) is 0 Å². The molecule has 0 unspecified atom stereocenters. The molecule has 1 aromatic carbocycles. The first-order chi connectivity index (χ1) is 12.9. The molecule has 27 heavy (non-hydrogen) atoms. The van der Waals surface area contributed by atoms with Gasteiger partial charge in [-0.05, 0) is 31.5 Å². The van der Waals surface area contributed by atoms with E-state index in [1.807, 2.05) is 36.1 Å². The van der Waals surface area contributed by atoms with Crippen molar-refractivity contribution in [2.24, 2.45) is 0 Å². The van der Waals surface area contributed by atoms with Crippen LogP contribution in [0.1, 0.15) is 19.8 Å². The number of urea groups is 1. The summed E-state index contributed by atoms with van der Waals surface area (Å²) in [6, 6.07) is 7.53. The summed E-state index contributed by atoms with van der Waals surface area (Å²) in [5, 5.41) is 11.9. The molecule has 0 spiro atoms. The summed E-state index contributed by atoms with van der Waals surface area (Å²) < 4.78 is 10.9. The Labute approximate surface area is 160 Å². The van der Waals surface area contributed by atoms with Crippen LogP contribution in [-0.4, -0.2) is 79.4 Å². The molecule has 1 fully saturated rings. The van der Waals surface area contributed by atoms with Gasteiger partial charge in [-0.2, -0.15) is 0 Å². The number of amides is 2. The lowest BCUT2D eigenvalue weighted by Crippen LogP contribution is -2.56. The molecule has 0 saturated heterocycles. The van der Waals surface area contributed by atoms with Gasteiger partial charge in [-0.3, -0.25) is 9.69 Å². The van der Waals surface area contributed by atoms with Crippen molar-refractivity contribution in [3.05, 3.63) is 24.3 Å². The van der Waals surface area contributed by atoms with Gasteiger partial charge in [0.1, 0.15) is 6.61 Å². The average molecular weight is 379 g/mol. The zero-order chi connectivity index (χ0) is 19.8. The molecule has 0 bridgehead atoms. The fourth-order valence-corrected chi connectivity index (χ4v) is 3.09. The van der Waals surface area contributed by atoms with Crippen molar-refractivity contribution < 1.29 is 24.2 Å². The molecule has 8 nitrogen and oxygen atoms in total. The molecule has 1 aromatic rings. The molecule has 0 atom stereocenters. The normalized spacial score (nSPS) is 18.5. The summed E-state index contributed by atoms with van der Waals surface area (Å²) in [5.41, 5.74) is 0. The van der Waals surface area contributed by atoms with E-state index < -0.39 is 5.97 Å². The zero-order valence-electron chi connectivity index (χ0n) is 16.2. The number of para-hydroxylation sites is 2. The summed E-state index contributed by atoms with van der Waals surface area (Å²) in [6.45, 7) is 3.49. The third-order valence-corrected chi connectivity index (χ3v) is 4.80. The Morgan fingerprint density at radius 3 is 2.52 bits per heavy atom. The number of carbonyl (C=O) groups is 2. The van der Waals surface area contributed by atoms with Crippen molar-refractivity contribution in [2.45, 2.75) is 31.8 Å². The summed E-state index contributed by atoms with van der Waals surface area (Å²) >= 11 is 0. The Balaban J connectivity index is 1.68. The van der Waals surface area contributed by atoms with E-state index in [4.69, 9.17) is 14.6 Å². The molecule has 1 aliphatic rings. The molecule has 0 heterocycles. The number of carboxylic acids is 1. The molecular weight excluding hydrogens is 350 g/mol. The minimum absolute atomic E-state index is 0.0437. The highest BCUT2D eigenvalue weighted by Crippen LogP contribution is 2.26. The fourth-order valence-electron chi connectivity index (χ4n) is 3.09.